The third kappa shape index (κ3) is 4.20. The van der Waals surface area contributed by atoms with Gasteiger partial charge in [0.2, 0.25) is 0 Å². The van der Waals surface area contributed by atoms with Crippen LogP contribution in [-0.4, -0.2) is 32.3 Å². The topological polar surface area (TPSA) is 47.6 Å². The molecule has 0 aliphatic heterocycles. The summed E-state index contributed by atoms with van der Waals surface area (Å²) in [5.41, 5.74) is 1.74. The van der Waals surface area contributed by atoms with E-state index in [1.165, 1.54) is 0 Å². The standard InChI is InChI=1S/C13H18ClNO3/c1-9-5-4-6-11(14)12(9)15-10(2)13(16)18-8-7-17-3/h4-6,10,15H,7-8H2,1-3H3/t10-/m0/s1. The summed E-state index contributed by atoms with van der Waals surface area (Å²) in [5.74, 6) is -0.327. The molecule has 0 amide bonds. The Balaban J connectivity index is 2.58. The summed E-state index contributed by atoms with van der Waals surface area (Å²) in [6, 6.07) is 5.11. The van der Waals surface area contributed by atoms with Crippen molar-refractivity contribution in [3.05, 3.63) is 28.8 Å². The molecule has 0 unspecified atom stereocenters. The van der Waals surface area contributed by atoms with Gasteiger partial charge in [0, 0.05) is 7.11 Å². The number of para-hydroxylation sites is 1. The minimum atomic E-state index is -0.458. The van der Waals surface area contributed by atoms with Crippen molar-refractivity contribution in [2.45, 2.75) is 19.9 Å². The first-order valence-electron chi connectivity index (χ1n) is 5.73. The van der Waals surface area contributed by atoms with E-state index in [2.05, 4.69) is 5.32 Å². The monoisotopic (exact) mass is 271 g/mol. The van der Waals surface area contributed by atoms with Gasteiger partial charge in [-0.25, -0.2) is 4.79 Å². The van der Waals surface area contributed by atoms with Crippen LogP contribution < -0.4 is 5.32 Å². The van der Waals surface area contributed by atoms with E-state index < -0.39 is 6.04 Å². The molecule has 0 heterocycles. The number of hydrogen-bond donors (Lipinski definition) is 1. The normalized spacial score (nSPS) is 12.0. The summed E-state index contributed by atoms with van der Waals surface area (Å²) in [5, 5.41) is 3.65. The molecule has 1 aromatic carbocycles. The molecule has 18 heavy (non-hydrogen) atoms. The maximum absolute atomic E-state index is 11.7. The predicted molar refractivity (Wildman–Crippen MR) is 72.1 cm³/mol. The maximum atomic E-state index is 11.7. The Morgan fingerprint density at radius 3 is 2.78 bits per heavy atom. The lowest BCUT2D eigenvalue weighted by molar-refractivity contribution is -0.145. The zero-order valence-electron chi connectivity index (χ0n) is 10.8. The first kappa shape index (κ1) is 14.8. The third-order valence-electron chi connectivity index (χ3n) is 2.47. The molecule has 4 nitrogen and oxygen atoms in total. The van der Waals surface area contributed by atoms with E-state index in [-0.39, 0.29) is 12.6 Å². The number of ether oxygens (including phenoxy) is 2. The second kappa shape index (κ2) is 7.24. The second-order valence-corrected chi connectivity index (χ2v) is 4.37. The van der Waals surface area contributed by atoms with E-state index in [4.69, 9.17) is 21.1 Å². The Morgan fingerprint density at radius 2 is 2.17 bits per heavy atom. The van der Waals surface area contributed by atoms with Crippen LogP contribution in [0.1, 0.15) is 12.5 Å². The number of methoxy groups -OCH3 is 1. The van der Waals surface area contributed by atoms with Gasteiger partial charge < -0.3 is 14.8 Å². The number of halogens is 1. The smallest absolute Gasteiger partial charge is 0.328 e. The Morgan fingerprint density at radius 1 is 1.44 bits per heavy atom. The number of hydrogen-bond acceptors (Lipinski definition) is 4. The van der Waals surface area contributed by atoms with Crippen LogP contribution in [0.2, 0.25) is 5.02 Å². The molecule has 0 saturated heterocycles. The fourth-order valence-corrected chi connectivity index (χ4v) is 1.72. The lowest BCUT2D eigenvalue weighted by atomic mass is 10.2. The number of anilines is 1. The average Bonchev–Trinajstić information content (AvgIpc) is 2.34. The van der Waals surface area contributed by atoms with E-state index in [1.54, 1.807) is 20.1 Å². The van der Waals surface area contributed by atoms with Crippen LogP contribution in [0.5, 0.6) is 0 Å². The van der Waals surface area contributed by atoms with Gasteiger partial charge in [0.25, 0.3) is 0 Å². The van der Waals surface area contributed by atoms with Crippen LogP contribution in [0.25, 0.3) is 0 Å². The first-order valence-corrected chi connectivity index (χ1v) is 6.11. The molecule has 0 radical (unpaired) electrons. The molecule has 1 N–H and O–H groups in total. The Kier molecular flexibility index (Phi) is 5.95. The molecule has 0 fully saturated rings. The lowest BCUT2D eigenvalue weighted by Gasteiger charge is -2.17. The molecule has 0 saturated carbocycles. The molecule has 0 bridgehead atoms. The number of benzene rings is 1. The highest BCUT2D eigenvalue weighted by atomic mass is 35.5. The molecule has 0 aliphatic carbocycles. The van der Waals surface area contributed by atoms with Gasteiger partial charge >= 0.3 is 5.97 Å². The van der Waals surface area contributed by atoms with Gasteiger partial charge in [0.05, 0.1) is 17.3 Å². The highest BCUT2D eigenvalue weighted by Crippen LogP contribution is 2.25. The van der Waals surface area contributed by atoms with E-state index in [0.29, 0.717) is 11.6 Å². The molecule has 1 rings (SSSR count). The minimum absolute atomic E-state index is 0.253. The van der Waals surface area contributed by atoms with E-state index in [1.807, 2.05) is 19.1 Å². The van der Waals surface area contributed by atoms with Crippen molar-refractivity contribution in [2.75, 3.05) is 25.6 Å². The summed E-state index contributed by atoms with van der Waals surface area (Å²) in [6.45, 7) is 4.31. The van der Waals surface area contributed by atoms with Crippen molar-refractivity contribution >= 4 is 23.3 Å². The van der Waals surface area contributed by atoms with Gasteiger partial charge in [0.15, 0.2) is 0 Å². The first-order chi connectivity index (χ1) is 8.56. The average molecular weight is 272 g/mol. The van der Waals surface area contributed by atoms with Crippen molar-refractivity contribution < 1.29 is 14.3 Å². The fourth-order valence-electron chi connectivity index (χ4n) is 1.44. The van der Waals surface area contributed by atoms with Crippen molar-refractivity contribution in [3.8, 4) is 0 Å². The fraction of sp³-hybridized carbons (Fsp3) is 0.462. The van der Waals surface area contributed by atoms with Crippen LogP contribution in [0, 0.1) is 6.92 Å². The van der Waals surface area contributed by atoms with Crippen LogP contribution in [0.3, 0.4) is 0 Å². The molecule has 0 aromatic heterocycles. The van der Waals surface area contributed by atoms with Gasteiger partial charge in [-0.15, -0.1) is 0 Å². The van der Waals surface area contributed by atoms with Crippen LogP contribution in [0.4, 0.5) is 5.69 Å². The van der Waals surface area contributed by atoms with Gasteiger partial charge in [-0.05, 0) is 25.5 Å². The summed E-state index contributed by atoms with van der Waals surface area (Å²) in [6.07, 6.45) is 0. The molecular formula is C13H18ClNO3. The molecule has 1 aromatic rings. The van der Waals surface area contributed by atoms with Crippen molar-refractivity contribution in [2.24, 2.45) is 0 Å². The molecule has 0 spiro atoms. The Bertz CT molecular complexity index is 389. The highest BCUT2D eigenvalue weighted by molar-refractivity contribution is 6.33. The zero-order valence-corrected chi connectivity index (χ0v) is 11.6. The Hall–Kier alpha value is -1.26. The van der Waals surface area contributed by atoms with Crippen LogP contribution in [-0.2, 0) is 14.3 Å². The predicted octanol–water partition coefficient (Wildman–Crippen LogP) is 2.64. The van der Waals surface area contributed by atoms with Crippen molar-refractivity contribution in [1.82, 2.24) is 0 Å². The van der Waals surface area contributed by atoms with Gasteiger partial charge in [-0.1, -0.05) is 23.7 Å². The van der Waals surface area contributed by atoms with Crippen LogP contribution >= 0.6 is 11.6 Å². The molecular weight excluding hydrogens is 254 g/mol. The minimum Gasteiger partial charge on any atom is -0.462 e. The lowest BCUT2D eigenvalue weighted by Crippen LogP contribution is -2.29. The summed E-state index contributed by atoms with van der Waals surface area (Å²) in [7, 11) is 1.56. The largest absolute Gasteiger partial charge is 0.462 e. The third-order valence-corrected chi connectivity index (χ3v) is 2.78. The van der Waals surface area contributed by atoms with Gasteiger partial charge in [0.1, 0.15) is 12.6 Å². The number of rotatable bonds is 6. The van der Waals surface area contributed by atoms with Crippen molar-refractivity contribution in [1.29, 1.82) is 0 Å². The summed E-state index contributed by atoms with van der Waals surface area (Å²) >= 11 is 6.07. The zero-order chi connectivity index (χ0) is 13.5. The Labute approximate surface area is 112 Å². The van der Waals surface area contributed by atoms with Crippen LogP contribution in [0.15, 0.2) is 18.2 Å². The number of carbonyl (C=O) groups excluding carboxylic acids is 1. The molecule has 100 valence electrons. The molecule has 5 heteroatoms. The van der Waals surface area contributed by atoms with E-state index >= 15 is 0 Å². The van der Waals surface area contributed by atoms with Gasteiger partial charge in [-0.2, -0.15) is 0 Å². The SMILES string of the molecule is COCCOC(=O)[C@H](C)Nc1c(C)cccc1Cl. The number of nitrogens with one attached hydrogen (secondary N) is 1. The molecule has 1 atom stereocenters. The summed E-state index contributed by atoms with van der Waals surface area (Å²) in [4.78, 5) is 11.7. The molecule has 0 aliphatic rings. The number of aryl methyl sites for hydroxylation is 1. The van der Waals surface area contributed by atoms with Crippen molar-refractivity contribution in [3.63, 3.8) is 0 Å². The second-order valence-electron chi connectivity index (χ2n) is 3.96. The number of carbonyl (C=O) groups is 1. The van der Waals surface area contributed by atoms with Gasteiger partial charge in [-0.3, -0.25) is 0 Å². The maximum Gasteiger partial charge on any atom is 0.328 e. The highest BCUT2D eigenvalue weighted by Gasteiger charge is 2.16. The van der Waals surface area contributed by atoms with E-state index in [9.17, 15) is 4.79 Å². The quantitative estimate of drug-likeness (QED) is 0.638. The van der Waals surface area contributed by atoms with E-state index in [0.717, 1.165) is 11.3 Å². The number of esters is 1. The summed E-state index contributed by atoms with van der Waals surface area (Å²) < 4.78 is 9.84.